The molecule has 0 saturated heterocycles. The van der Waals surface area contributed by atoms with E-state index in [1.54, 1.807) is 30.3 Å². The average Bonchev–Trinajstić information content (AvgIpc) is 2.40. The lowest BCUT2D eigenvalue weighted by Gasteiger charge is -1.93. The summed E-state index contributed by atoms with van der Waals surface area (Å²) in [6, 6.07) is 17.0. The molecule has 2 aromatic rings. The van der Waals surface area contributed by atoms with Crippen molar-refractivity contribution in [1.29, 1.82) is 0 Å². The number of sulfonamides is 1. The van der Waals surface area contributed by atoms with Crippen LogP contribution in [-0.2, 0) is 21.2 Å². The van der Waals surface area contributed by atoms with Gasteiger partial charge < -0.3 is 5.11 Å². The molecule has 0 aromatic heterocycles. The quantitative estimate of drug-likeness (QED) is 0.899. The fourth-order valence-electron chi connectivity index (χ4n) is 1.38. The summed E-state index contributed by atoms with van der Waals surface area (Å²) in [7, 11) is -3.50. The molecule has 0 radical (unpaired) electrons. The zero-order valence-corrected chi connectivity index (χ0v) is 11.5. The summed E-state index contributed by atoms with van der Waals surface area (Å²) < 4.78 is 21.2. The van der Waals surface area contributed by atoms with Gasteiger partial charge in [-0.25, -0.2) is 13.6 Å². The summed E-state index contributed by atoms with van der Waals surface area (Å²) in [5.74, 6) is -0.786. The van der Waals surface area contributed by atoms with Gasteiger partial charge >= 0.3 is 5.97 Å². The van der Waals surface area contributed by atoms with Crippen molar-refractivity contribution in [3.63, 3.8) is 0 Å². The van der Waals surface area contributed by atoms with Gasteiger partial charge in [0.1, 0.15) is 0 Å². The highest BCUT2D eigenvalue weighted by atomic mass is 32.2. The van der Waals surface area contributed by atoms with E-state index in [0.717, 1.165) is 5.56 Å². The molecule has 0 aliphatic rings. The van der Waals surface area contributed by atoms with Crippen molar-refractivity contribution in [1.82, 2.24) is 0 Å². The predicted octanol–water partition coefficient (Wildman–Crippen LogP) is 1.65. The molecule has 2 rings (SSSR count). The van der Waals surface area contributed by atoms with Gasteiger partial charge in [-0.1, -0.05) is 48.5 Å². The van der Waals surface area contributed by atoms with E-state index < -0.39 is 16.0 Å². The molecule has 0 bridgehead atoms. The molecule has 20 heavy (non-hydrogen) atoms. The Balaban J connectivity index is 0.000000200. The fourth-order valence-corrected chi connectivity index (χ4v) is 1.92. The fraction of sp³-hybridized carbons (Fsp3) is 0.0714. The Kier molecular flexibility index (Phi) is 5.89. The van der Waals surface area contributed by atoms with Gasteiger partial charge in [-0.3, -0.25) is 4.79 Å². The number of benzene rings is 2. The molecule has 5 nitrogen and oxygen atoms in total. The van der Waals surface area contributed by atoms with E-state index in [1.807, 2.05) is 18.2 Å². The lowest BCUT2D eigenvalue weighted by Crippen LogP contribution is -2.11. The third kappa shape index (κ3) is 6.12. The Hall–Kier alpha value is -2.18. The summed E-state index contributed by atoms with van der Waals surface area (Å²) >= 11 is 0. The van der Waals surface area contributed by atoms with Crippen LogP contribution in [0.5, 0.6) is 0 Å². The average molecular weight is 293 g/mol. The minimum atomic E-state index is -3.50. The predicted molar refractivity (Wildman–Crippen MR) is 75.6 cm³/mol. The smallest absolute Gasteiger partial charge is 0.307 e. The topological polar surface area (TPSA) is 97.5 Å². The van der Waals surface area contributed by atoms with Crippen molar-refractivity contribution < 1.29 is 18.3 Å². The van der Waals surface area contributed by atoms with Crippen molar-refractivity contribution in [2.45, 2.75) is 11.3 Å². The van der Waals surface area contributed by atoms with Crippen molar-refractivity contribution in [2.24, 2.45) is 5.14 Å². The molecule has 0 spiro atoms. The Morgan fingerprint density at radius 1 is 0.950 bits per heavy atom. The van der Waals surface area contributed by atoms with E-state index in [-0.39, 0.29) is 11.3 Å². The molecule has 0 heterocycles. The maximum atomic E-state index is 10.6. The summed E-state index contributed by atoms with van der Waals surface area (Å²) in [4.78, 5) is 10.3. The second kappa shape index (κ2) is 7.42. The van der Waals surface area contributed by atoms with Crippen LogP contribution in [0.2, 0.25) is 0 Å². The Morgan fingerprint density at radius 3 is 1.75 bits per heavy atom. The van der Waals surface area contributed by atoms with Crippen LogP contribution in [-0.4, -0.2) is 19.5 Å². The first-order chi connectivity index (χ1) is 9.39. The van der Waals surface area contributed by atoms with Crippen LogP contribution in [0.15, 0.2) is 65.6 Å². The lowest BCUT2D eigenvalue weighted by atomic mass is 10.2. The molecule has 0 amide bonds. The van der Waals surface area contributed by atoms with Crippen molar-refractivity contribution >= 4 is 16.0 Å². The van der Waals surface area contributed by atoms with Crippen LogP contribution in [0.1, 0.15) is 5.56 Å². The molecule has 0 fully saturated rings. The van der Waals surface area contributed by atoms with Gasteiger partial charge in [-0.2, -0.15) is 0 Å². The van der Waals surface area contributed by atoms with E-state index in [2.05, 4.69) is 0 Å². The number of primary sulfonamides is 1. The van der Waals surface area contributed by atoms with Crippen LogP contribution < -0.4 is 5.14 Å². The first kappa shape index (κ1) is 15.9. The normalized spacial score (nSPS) is 10.2. The molecular formula is C14H15NO4S. The third-order valence-corrected chi connectivity index (χ3v) is 3.20. The Labute approximate surface area is 117 Å². The number of carbonyl (C=O) groups is 1. The van der Waals surface area contributed by atoms with Crippen LogP contribution in [0.25, 0.3) is 0 Å². The van der Waals surface area contributed by atoms with E-state index >= 15 is 0 Å². The second-order valence-electron chi connectivity index (χ2n) is 3.91. The molecule has 2 aromatic carbocycles. The summed E-state index contributed by atoms with van der Waals surface area (Å²) in [5.41, 5.74) is 0.843. The van der Waals surface area contributed by atoms with Gasteiger partial charge in [0.25, 0.3) is 0 Å². The van der Waals surface area contributed by atoms with Crippen molar-refractivity contribution in [3.8, 4) is 0 Å². The zero-order chi connectivity index (χ0) is 15.0. The number of hydrogen-bond donors (Lipinski definition) is 2. The van der Waals surface area contributed by atoms with Gasteiger partial charge in [0.15, 0.2) is 0 Å². The number of nitrogens with two attached hydrogens (primary N) is 1. The first-order valence-corrected chi connectivity index (χ1v) is 7.28. The van der Waals surface area contributed by atoms with Crippen LogP contribution in [0.4, 0.5) is 0 Å². The third-order valence-electron chi connectivity index (χ3n) is 2.27. The minimum Gasteiger partial charge on any atom is -0.481 e. The van der Waals surface area contributed by atoms with Gasteiger partial charge in [0, 0.05) is 0 Å². The van der Waals surface area contributed by atoms with Gasteiger partial charge in [0.05, 0.1) is 11.3 Å². The van der Waals surface area contributed by atoms with Crippen LogP contribution in [0, 0.1) is 0 Å². The number of rotatable bonds is 3. The highest BCUT2D eigenvalue weighted by Crippen LogP contribution is 2.03. The number of hydrogen-bond acceptors (Lipinski definition) is 3. The second-order valence-corrected chi connectivity index (χ2v) is 5.48. The summed E-state index contributed by atoms with van der Waals surface area (Å²) in [6.07, 6.45) is 0.112. The molecule has 3 N–H and O–H groups in total. The van der Waals surface area contributed by atoms with Crippen LogP contribution >= 0.6 is 0 Å². The van der Waals surface area contributed by atoms with Gasteiger partial charge in [-0.05, 0) is 17.7 Å². The molecule has 0 atom stereocenters. The molecule has 0 saturated carbocycles. The molecular weight excluding hydrogens is 278 g/mol. The Bertz CT molecular complexity index is 639. The zero-order valence-electron chi connectivity index (χ0n) is 10.6. The highest BCUT2D eigenvalue weighted by Gasteiger charge is 2.03. The largest absolute Gasteiger partial charge is 0.481 e. The van der Waals surface area contributed by atoms with Crippen molar-refractivity contribution in [2.75, 3.05) is 0 Å². The van der Waals surface area contributed by atoms with E-state index in [1.165, 1.54) is 12.1 Å². The Morgan fingerprint density at radius 2 is 1.40 bits per heavy atom. The molecule has 0 aliphatic carbocycles. The lowest BCUT2D eigenvalue weighted by molar-refractivity contribution is -0.136. The SMILES string of the molecule is NS(=O)(=O)c1ccccc1.O=C(O)Cc1ccccc1. The molecule has 6 heteroatoms. The molecule has 106 valence electrons. The number of aliphatic carboxylic acids is 1. The van der Waals surface area contributed by atoms with Crippen molar-refractivity contribution in [3.05, 3.63) is 66.2 Å². The monoisotopic (exact) mass is 293 g/mol. The van der Waals surface area contributed by atoms with E-state index in [4.69, 9.17) is 10.2 Å². The van der Waals surface area contributed by atoms with E-state index in [0.29, 0.717) is 0 Å². The van der Waals surface area contributed by atoms with E-state index in [9.17, 15) is 13.2 Å². The summed E-state index contributed by atoms with van der Waals surface area (Å²) in [6.45, 7) is 0. The maximum absolute atomic E-state index is 10.6. The maximum Gasteiger partial charge on any atom is 0.307 e. The summed E-state index contributed by atoms with van der Waals surface area (Å²) in [5, 5.41) is 13.2. The number of carboxylic acids is 1. The number of carboxylic acid groups (broad SMARTS) is 1. The minimum absolute atomic E-state index is 0.112. The standard InChI is InChI=1S/C8H8O2.C6H7NO2S/c9-8(10)6-7-4-2-1-3-5-7;7-10(8,9)6-4-2-1-3-5-6/h1-5H,6H2,(H,9,10);1-5H,(H2,7,8,9). The van der Waals surface area contributed by atoms with Crippen LogP contribution in [0.3, 0.4) is 0 Å². The first-order valence-electron chi connectivity index (χ1n) is 5.73. The van der Waals surface area contributed by atoms with Gasteiger partial charge in [0.2, 0.25) is 10.0 Å². The molecule has 0 unspecified atom stereocenters. The van der Waals surface area contributed by atoms with Gasteiger partial charge in [-0.15, -0.1) is 0 Å². The highest BCUT2D eigenvalue weighted by molar-refractivity contribution is 7.89. The molecule has 0 aliphatic heterocycles.